The van der Waals surface area contributed by atoms with E-state index in [1.165, 1.54) is 0 Å². The van der Waals surface area contributed by atoms with Gasteiger partial charge in [-0.1, -0.05) is 13.8 Å². The molecule has 0 aromatic heterocycles. The van der Waals surface area contributed by atoms with Crippen LogP contribution < -0.4 is 15.5 Å². The van der Waals surface area contributed by atoms with Crippen molar-refractivity contribution in [3.8, 4) is 0 Å². The van der Waals surface area contributed by atoms with Crippen molar-refractivity contribution in [3.05, 3.63) is 29.6 Å². The van der Waals surface area contributed by atoms with E-state index in [4.69, 9.17) is 0 Å². The lowest BCUT2D eigenvalue weighted by atomic mass is 10.1. The fraction of sp³-hybridized carbons (Fsp3) is 0.500. The first-order valence-electron chi connectivity index (χ1n) is 7.65. The Hall–Kier alpha value is -2.09. The van der Waals surface area contributed by atoms with E-state index in [1.807, 2.05) is 20.8 Å². The first-order chi connectivity index (χ1) is 11.1. The fourth-order valence-electron chi connectivity index (χ4n) is 1.90. The Morgan fingerprint density at radius 1 is 1.04 bits per heavy atom. The molecule has 0 aliphatic rings. The number of carbonyl (C=O) groups is 2. The first kappa shape index (κ1) is 20.0. The van der Waals surface area contributed by atoms with E-state index in [0.29, 0.717) is 4.90 Å². The lowest BCUT2D eigenvalue weighted by molar-refractivity contribution is -0.862. The highest BCUT2D eigenvalue weighted by Gasteiger charge is 2.19. The van der Waals surface area contributed by atoms with Crippen LogP contribution in [-0.4, -0.2) is 38.0 Å². The zero-order valence-electron chi connectivity index (χ0n) is 14.2. The highest BCUT2D eigenvalue weighted by molar-refractivity contribution is 5.91. The molecule has 0 aliphatic heterocycles. The summed E-state index contributed by atoms with van der Waals surface area (Å²) >= 11 is 0. The third-order valence-electron chi connectivity index (χ3n) is 3.62. The summed E-state index contributed by atoms with van der Waals surface area (Å²) in [4.78, 5) is 24.2. The number of benzene rings is 1. The van der Waals surface area contributed by atoms with Crippen molar-refractivity contribution >= 4 is 17.5 Å². The Morgan fingerprint density at radius 3 is 2.21 bits per heavy atom. The average Bonchev–Trinajstić information content (AvgIpc) is 2.47. The molecule has 134 valence electrons. The molecule has 1 aromatic rings. The maximum absolute atomic E-state index is 13.5. The summed E-state index contributed by atoms with van der Waals surface area (Å²) in [7, 11) is 1.63. The van der Waals surface area contributed by atoms with E-state index >= 15 is 0 Å². The standard InChI is InChI=1S/C16H22F3N3O2/c1-9(2)10(3)20-13(23)7-22(4)8-14(24)21-12-6-5-11(17)15(18)16(12)19/h5-6,9-10H,7-8H2,1-4H3,(H,20,23)(H,21,24)/p+1/t10-/m1/s1. The summed E-state index contributed by atoms with van der Waals surface area (Å²) in [6.45, 7) is 5.78. The number of likely N-dealkylation sites (N-methyl/N-ethyl adjacent to an activating group) is 1. The number of rotatable bonds is 7. The SMILES string of the molecule is CC(C)[C@@H](C)NC(=O)C[NH+](C)CC(=O)Nc1ccc(F)c(F)c1F. The van der Waals surface area contributed by atoms with Crippen LogP contribution in [0.5, 0.6) is 0 Å². The van der Waals surface area contributed by atoms with Gasteiger partial charge in [-0.05, 0) is 25.0 Å². The van der Waals surface area contributed by atoms with Gasteiger partial charge in [0.1, 0.15) is 0 Å². The normalized spacial score (nSPS) is 13.5. The minimum absolute atomic E-state index is 0.00964. The summed E-state index contributed by atoms with van der Waals surface area (Å²) in [5, 5.41) is 4.98. The number of quaternary nitrogens is 1. The largest absolute Gasteiger partial charge is 0.348 e. The molecule has 0 saturated heterocycles. The second kappa shape index (κ2) is 8.68. The Morgan fingerprint density at radius 2 is 1.62 bits per heavy atom. The minimum atomic E-state index is -1.64. The highest BCUT2D eigenvalue weighted by Crippen LogP contribution is 2.19. The molecule has 0 aliphatic carbocycles. The van der Waals surface area contributed by atoms with Crippen LogP contribution in [0.2, 0.25) is 0 Å². The van der Waals surface area contributed by atoms with E-state index < -0.39 is 29.0 Å². The summed E-state index contributed by atoms with van der Waals surface area (Å²) in [6.07, 6.45) is 0. The van der Waals surface area contributed by atoms with Gasteiger partial charge in [0.25, 0.3) is 11.8 Å². The Balaban J connectivity index is 2.53. The lowest BCUT2D eigenvalue weighted by Crippen LogP contribution is -3.11. The van der Waals surface area contributed by atoms with Crippen LogP contribution in [0.1, 0.15) is 20.8 Å². The molecule has 0 radical (unpaired) electrons. The molecule has 1 unspecified atom stereocenters. The minimum Gasteiger partial charge on any atom is -0.348 e. The number of halogens is 3. The molecule has 0 saturated carbocycles. The van der Waals surface area contributed by atoms with E-state index in [-0.39, 0.29) is 31.0 Å². The van der Waals surface area contributed by atoms with Crippen molar-refractivity contribution in [1.82, 2.24) is 5.32 Å². The van der Waals surface area contributed by atoms with Crippen LogP contribution in [0.3, 0.4) is 0 Å². The smallest absolute Gasteiger partial charge is 0.279 e. The topological polar surface area (TPSA) is 62.6 Å². The zero-order chi connectivity index (χ0) is 18.4. The summed E-state index contributed by atoms with van der Waals surface area (Å²) in [6, 6.07) is 1.68. The number of hydrogen-bond acceptors (Lipinski definition) is 2. The highest BCUT2D eigenvalue weighted by atomic mass is 19.2. The predicted molar refractivity (Wildman–Crippen MR) is 84.0 cm³/mol. The Kier molecular flexibility index (Phi) is 7.21. The van der Waals surface area contributed by atoms with Gasteiger partial charge >= 0.3 is 0 Å². The van der Waals surface area contributed by atoms with Crippen molar-refractivity contribution in [3.63, 3.8) is 0 Å². The van der Waals surface area contributed by atoms with E-state index in [9.17, 15) is 22.8 Å². The molecule has 0 bridgehead atoms. The summed E-state index contributed by atoms with van der Waals surface area (Å²) < 4.78 is 39.4. The van der Waals surface area contributed by atoms with Crippen LogP contribution >= 0.6 is 0 Å². The number of carbonyl (C=O) groups excluding carboxylic acids is 2. The van der Waals surface area contributed by atoms with Gasteiger partial charge in [-0.15, -0.1) is 0 Å². The molecule has 3 N–H and O–H groups in total. The monoisotopic (exact) mass is 346 g/mol. The van der Waals surface area contributed by atoms with Gasteiger partial charge in [0.2, 0.25) is 0 Å². The maximum Gasteiger partial charge on any atom is 0.279 e. The van der Waals surface area contributed by atoms with Crippen molar-refractivity contribution in [2.45, 2.75) is 26.8 Å². The molecule has 1 aromatic carbocycles. The fourth-order valence-corrected chi connectivity index (χ4v) is 1.90. The van der Waals surface area contributed by atoms with Crippen LogP contribution in [0.25, 0.3) is 0 Å². The van der Waals surface area contributed by atoms with Crippen LogP contribution in [-0.2, 0) is 9.59 Å². The molecule has 2 atom stereocenters. The van der Waals surface area contributed by atoms with Gasteiger partial charge in [-0.3, -0.25) is 9.59 Å². The zero-order valence-corrected chi connectivity index (χ0v) is 14.2. The number of amides is 2. The van der Waals surface area contributed by atoms with E-state index in [1.54, 1.807) is 7.05 Å². The van der Waals surface area contributed by atoms with Gasteiger partial charge < -0.3 is 15.5 Å². The van der Waals surface area contributed by atoms with Gasteiger partial charge in [0.15, 0.2) is 30.5 Å². The molecule has 0 heterocycles. The lowest BCUT2D eigenvalue weighted by Gasteiger charge is -2.19. The third kappa shape index (κ3) is 5.84. The summed E-state index contributed by atoms with van der Waals surface area (Å²) in [5.74, 6) is -4.96. The molecule has 0 fully saturated rings. The van der Waals surface area contributed by atoms with Crippen molar-refractivity contribution in [2.75, 3.05) is 25.5 Å². The van der Waals surface area contributed by atoms with Crippen molar-refractivity contribution in [2.24, 2.45) is 5.92 Å². The summed E-state index contributed by atoms with van der Waals surface area (Å²) in [5.41, 5.74) is -0.440. The van der Waals surface area contributed by atoms with Crippen molar-refractivity contribution in [1.29, 1.82) is 0 Å². The molecule has 2 amide bonds. The van der Waals surface area contributed by atoms with Gasteiger partial charge in [-0.25, -0.2) is 13.2 Å². The van der Waals surface area contributed by atoms with E-state index in [0.717, 1.165) is 12.1 Å². The van der Waals surface area contributed by atoms with Crippen LogP contribution in [0.15, 0.2) is 12.1 Å². The Bertz CT molecular complexity index is 608. The van der Waals surface area contributed by atoms with Gasteiger partial charge in [0.05, 0.1) is 12.7 Å². The number of nitrogens with one attached hydrogen (secondary N) is 3. The van der Waals surface area contributed by atoms with Gasteiger partial charge in [0, 0.05) is 6.04 Å². The van der Waals surface area contributed by atoms with Crippen LogP contribution in [0.4, 0.5) is 18.9 Å². The number of hydrogen-bond donors (Lipinski definition) is 3. The third-order valence-corrected chi connectivity index (χ3v) is 3.62. The van der Waals surface area contributed by atoms with Crippen molar-refractivity contribution < 1.29 is 27.7 Å². The Labute approximate surface area is 139 Å². The molecular weight excluding hydrogens is 323 g/mol. The quantitative estimate of drug-likeness (QED) is 0.637. The predicted octanol–water partition coefficient (Wildman–Crippen LogP) is 0.718. The molecule has 1 rings (SSSR count). The maximum atomic E-state index is 13.5. The molecule has 0 spiro atoms. The molecule has 5 nitrogen and oxygen atoms in total. The first-order valence-corrected chi connectivity index (χ1v) is 7.65. The molecule has 24 heavy (non-hydrogen) atoms. The van der Waals surface area contributed by atoms with Gasteiger partial charge in [-0.2, -0.15) is 0 Å². The molecule has 8 heteroatoms. The second-order valence-electron chi connectivity index (χ2n) is 6.18. The number of anilines is 1. The average molecular weight is 346 g/mol. The van der Waals surface area contributed by atoms with Crippen LogP contribution in [0, 0.1) is 23.4 Å². The molecular formula is C16H23F3N3O2+. The second-order valence-corrected chi connectivity index (χ2v) is 6.18. The van der Waals surface area contributed by atoms with E-state index in [2.05, 4.69) is 10.6 Å².